The topological polar surface area (TPSA) is 58.4 Å². The minimum atomic E-state index is -0.668. The molecule has 1 aliphatic rings. The molecule has 0 heterocycles. The average molecular weight is 338 g/mol. The van der Waals surface area contributed by atoms with E-state index in [0.29, 0.717) is 6.54 Å². The first-order valence-corrected chi connectivity index (χ1v) is 6.41. The van der Waals surface area contributed by atoms with Crippen molar-refractivity contribution in [3.05, 3.63) is 35.6 Å². The summed E-state index contributed by atoms with van der Waals surface area (Å²) >= 11 is 0. The van der Waals surface area contributed by atoms with Crippen LogP contribution >= 0.6 is 24.8 Å². The van der Waals surface area contributed by atoms with Gasteiger partial charge in [-0.1, -0.05) is 12.1 Å². The zero-order chi connectivity index (χ0) is 14.0. The largest absolute Gasteiger partial charge is 0.353 e. The van der Waals surface area contributed by atoms with Crippen LogP contribution in [0.2, 0.25) is 0 Å². The van der Waals surface area contributed by atoms with Crippen molar-refractivity contribution >= 4 is 30.7 Å². The van der Waals surface area contributed by atoms with Gasteiger partial charge in [-0.05, 0) is 44.6 Å². The Balaban J connectivity index is 0.00000200. The highest BCUT2D eigenvalue weighted by molar-refractivity contribution is 5.89. The molecule has 4 nitrogen and oxygen atoms in total. The fourth-order valence-electron chi connectivity index (χ4n) is 2.04. The second-order valence-corrected chi connectivity index (χ2v) is 5.40. The standard InChI is InChI=1S/C14H20FN3O.2ClH/c1-18(2)12(10-4-3-5-11(15)8-10)9-17-13(19)14(16)6-7-14;;/h3-5,8,12H,6-7,9,16H2,1-2H3,(H,17,19);2*1H. The quantitative estimate of drug-likeness (QED) is 0.862. The second kappa shape index (κ2) is 7.94. The number of halogens is 3. The molecule has 3 N–H and O–H groups in total. The summed E-state index contributed by atoms with van der Waals surface area (Å²) in [6, 6.07) is 6.37. The number of benzene rings is 1. The molecule has 1 unspecified atom stereocenters. The van der Waals surface area contributed by atoms with Gasteiger partial charge in [-0.3, -0.25) is 4.79 Å². The van der Waals surface area contributed by atoms with Gasteiger partial charge in [0.2, 0.25) is 5.91 Å². The molecular weight excluding hydrogens is 316 g/mol. The number of likely N-dealkylation sites (N-methyl/N-ethyl adjacent to an activating group) is 1. The van der Waals surface area contributed by atoms with Gasteiger partial charge in [-0.25, -0.2) is 4.39 Å². The first-order chi connectivity index (χ1) is 8.92. The van der Waals surface area contributed by atoms with Gasteiger partial charge < -0.3 is 16.0 Å². The zero-order valence-corrected chi connectivity index (χ0v) is 13.8. The maximum atomic E-state index is 13.3. The number of rotatable bonds is 5. The number of nitrogens with two attached hydrogens (primary N) is 1. The molecule has 0 saturated heterocycles. The van der Waals surface area contributed by atoms with Gasteiger partial charge in [0, 0.05) is 6.54 Å². The molecule has 1 fully saturated rings. The smallest absolute Gasteiger partial charge is 0.240 e. The Morgan fingerprint density at radius 1 is 1.43 bits per heavy atom. The van der Waals surface area contributed by atoms with E-state index in [0.717, 1.165) is 18.4 Å². The van der Waals surface area contributed by atoms with Crippen molar-refractivity contribution in [2.75, 3.05) is 20.6 Å². The van der Waals surface area contributed by atoms with Crippen LogP contribution in [0.3, 0.4) is 0 Å². The molecule has 7 heteroatoms. The summed E-state index contributed by atoms with van der Waals surface area (Å²) in [4.78, 5) is 13.8. The number of hydrogen-bond donors (Lipinski definition) is 2. The van der Waals surface area contributed by atoms with E-state index in [1.54, 1.807) is 6.07 Å². The summed E-state index contributed by atoms with van der Waals surface area (Å²) < 4.78 is 13.3. The van der Waals surface area contributed by atoms with Crippen LogP contribution in [-0.4, -0.2) is 37.0 Å². The second-order valence-electron chi connectivity index (χ2n) is 5.40. The van der Waals surface area contributed by atoms with Crippen molar-refractivity contribution in [3.8, 4) is 0 Å². The highest BCUT2D eigenvalue weighted by Gasteiger charge is 2.45. The molecule has 0 bridgehead atoms. The van der Waals surface area contributed by atoms with Gasteiger partial charge in [0.25, 0.3) is 0 Å². The molecule has 2 rings (SSSR count). The van der Waals surface area contributed by atoms with E-state index in [9.17, 15) is 9.18 Å². The van der Waals surface area contributed by atoms with E-state index < -0.39 is 5.54 Å². The van der Waals surface area contributed by atoms with Gasteiger partial charge in [0.15, 0.2) is 0 Å². The van der Waals surface area contributed by atoms with Crippen molar-refractivity contribution in [2.45, 2.75) is 24.4 Å². The van der Waals surface area contributed by atoms with Crippen LogP contribution in [-0.2, 0) is 4.79 Å². The van der Waals surface area contributed by atoms with Crippen molar-refractivity contribution in [1.82, 2.24) is 10.2 Å². The summed E-state index contributed by atoms with van der Waals surface area (Å²) in [5.41, 5.74) is 6.00. The average Bonchev–Trinajstić information content (AvgIpc) is 3.08. The van der Waals surface area contributed by atoms with Crippen molar-refractivity contribution in [1.29, 1.82) is 0 Å². The molecule has 1 aromatic rings. The zero-order valence-electron chi connectivity index (χ0n) is 12.1. The van der Waals surface area contributed by atoms with E-state index in [2.05, 4.69) is 5.32 Å². The van der Waals surface area contributed by atoms with E-state index in [1.807, 2.05) is 25.1 Å². The monoisotopic (exact) mass is 337 g/mol. The van der Waals surface area contributed by atoms with Gasteiger partial charge in [-0.2, -0.15) is 0 Å². The molecule has 1 amide bonds. The molecule has 1 saturated carbocycles. The van der Waals surface area contributed by atoms with Gasteiger partial charge in [0.1, 0.15) is 5.82 Å². The number of amides is 1. The molecule has 0 radical (unpaired) electrons. The summed E-state index contributed by atoms with van der Waals surface area (Å²) in [6.07, 6.45) is 1.48. The number of carbonyl (C=O) groups excluding carboxylic acids is 1. The van der Waals surface area contributed by atoms with Crippen molar-refractivity contribution in [2.24, 2.45) is 5.73 Å². The predicted molar refractivity (Wildman–Crippen MR) is 86.5 cm³/mol. The lowest BCUT2D eigenvalue weighted by atomic mass is 10.1. The Hall–Kier alpha value is -0.880. The Bertz CT molecular complexity index is 481. The SMILES string of the molecule is CN(C)C(CNC(=O)C1(N)CC1)c1cccc(F)c1.Cl.Cl. The minimum absolute atomic E-state index is 0. The molecule has 0 aromatic heterocycles. The Morgan fingerprint density at radius 2 is 2.05 bits per heavy atom. The lowest BCUT2D eigenvalue weighted by Crippen LogP contribution is -2.45. The minimum Gasteiger partial charge on any atom is -0.353 e. The summed E-state index contributed by atoms with van der Waals surface area (Å²) in [7, 11) is 3.80. The van der Waals surface area contributed by atoms with Crippen LogP contribution < -0.4 is 11.1 Å². The first kappa shape index (κ1) is 20.1. The first-order valence-electron chi connectivity index (χ1n) is 6.41. The van der Waals surface area contributed by atoms with Crippen molar-refractivity contribution in [3.63, 3.8) is 0 Å². The van der Waals surface area contributed by atoms with E-state index in [-0.39, 0.29) is 42.6 Å². The highest BCUT2D eigenvalue weighted by atomic mass is 35.5. The van der Waals surface area contributed by atoms with E-state index in [4.69, 9.17) is 5.73 Å². The van der Waals surface area contributed by atoms with Crippen LogP contribution in [0.1, 0.15) is 24.4 Å². The third kappa shape index (κ3) is 5.11. The molecule has 0 aliphatic heterocycles. The van der Waals surface area contributed by atoms with Crippen LogP contribution in [0, 0.1) is 5.82 Å². The maximum absolute atomic E-state index is 13.3. The van der Waals surface area contributed by atoms with Crippen LogP contribution in [0.5, 0.6) is 0 Å². The fraction of sp³-hybridized carbons (Fsp3) is 0.500. The normalized spacial score (nSPS) is 16.4. The third-order valence-corrected chi connectivity index (χ3v) is 3.55. The summed E-state index contributed by atoms with van der Waals surface area (Å²) in [5, 5.41) is 2.86. The fourth-order valence-corrected chi connectivity index (χ4v) is 2.04. The number of nitrogens with one attached hydrogen (secondary N) is 1. The number of carbonyl (C=O) groups is 1. The van der Waals surface area contributed by atoms with Gasteiger partial charge in [0.05, 0.1) is 11.6 Å². The highest BCUT2D eigenvalue weighted by Crippen LogP contribution is 2.32. The Kier molecular flexibility index (Phi) is 7.61. The molecule has 1 aromatic carbocycles. The van der Waals surface area contributed by atoms with E-state index >= 15 is 0 Å². The summed E-state index contributed by atoms with van der Waals surface area (Å²) in [5.74, 6) is -0.385. The number of hydrogen-bond acceptors (Lipinski definition) is 3. The van der Waals surface area contributed by atoms with E-state index in [1.165, 1.54) is 12.1 Å². The van der Waals surface area contributed by atoms with Gasteiger partial charge >= 0.3 is 0 Å². The molecule has 120 valence electrons. The molecule has 1 atom stereocenters. The molecule has 0 spiro atoms. The lowest BCUT2D eigenvalue weighted by Gasteiger charge is -2.25. The number of nitrogens with zero attached hydrogens (tertiary/aromatic N) is 1. The van der Waals surface area contributed by atoms with Crippen molar-refractivity contribution < 1.29 is 9.18 Å². The van der Waals surface area contributed by atoms with Crippen LogP contribution in [0.25, 0.3) is 0 Å². The summed E-state index contributed by atoms with van der Waals surface area (Å²) in [6.45, 7) is 0.425. The molecular formula is C14H22Cl2FN3O. The lowest BCUT2D eigenvalue weighted by molar-refractivity contribution is -0.123. The Morgan fingerprint density at radius 3 is 2.52 bits per heavy atom. The van der Waals surface area contributed by atoms with Gasteiger partial charge in [-0.15, -0.1) is 24.8 Å². The Labute approximate surface area is 137 Å². The third-order valence-electron chi connectivity index (χ3n) is 3.55. The van der Waals surface area contributed by atoms with Crippen LogP contribution in [0.15, 0.2) is 24.3 Å². The maximum Gasteiger partial charge on any atom is 0.240 e. The molecule has 1 aliphatic carbocycles. The predicted octanol–water partition coefficient (Wildman–Crippen LogP) is 1.88. The van der Waals surface area contributed by atoms with Crippen LogP contribution in [0.4, 0.5) is 4.39 Å². The molecule has 21 heavy (non-hydrogen) atoms.